The van der Waals surface area contributed by atoms with Gasteiger partial charge in [0.15, 0.2) is 0 Å². The van der Waals surface area contributed by atoms with Crippen LogP contribution in [0.3, 0.4) is 0 Å². The lowest BCUT2D eigenvalue weighted by Crippen LogP contribution is -2.46. The van der Waals surface area contributed by atoms with Gasteiger partial charge < -0.3 is 10.5 Å². The van der Waals surface area contributed by atoms with Gasteiger partial charge in [-0.1, -0.05) is 0 Å². The van der Waals surface area contributed by atoms with E-state index in [0.717, 1.165) is 12.5 Å². The lowest BCUT2D eigenvalue weighted by atomic mass is 9.90. The highest BCUT2D eigenvalue weighted by Crippen LogP contribution is 2.26. The van der Waals surface area contributed by atoms with Crippen LogP contribution in [0.5, 0.6) is 0 Å². The molecule has 3 unspecified atom stereocenters. The van der Waals surface area contributed by atoms with Crippen molar-refractivity contribution in [1.82, 2.24) is 4.90 Å². The average Bonchev–Trinajstić information content (AvgIpc) is 2.65. The molecule has 2 heterocycles. The van der Waals surface area contributed by atoms with Crippen LogP contribution in [0.1, 0.15) is 33.1 Å². The number of hydrogen-bond donors (Lipinski definition) is 1. The minimum Gasteiger partial charge on any atom is -0.377 e. The van der Waals surface area contributed by atoms with Crippen LogP contribution in [0.15, 0.2) is 0 Å². The predicted molar refractivity (Wildman–Crippen MR) is 61.8 cm³/mol. The van der Waals surface area contributed by atoms with Crippen molar-refractivity contribution in [3.05, 3.63) is 0 Å². The molecule has 3 heteroatoms. The molecule has 2 rings (SSSR count). The van der Waals surface area contributed by atoms with Crippen LogP contribution in [0.25, 0.3) is 0 Å². The standard InChI is InChI=1S/C12H24N2O/c1-9(13)11-3-6-14(7-4-11)12-5-8-15-10(12)2/h9-12H,3-8,13H2,1-2H3. The molecule has 0 aromatic carbocycles. The third kappa shape index (κ3) is 2.52. The van der Waals surface area contributed by atoms with E-state index in [2.05, 4.69) is 18.7 Å². The molecule has 3 nitrogen and oxygen atoms in total. The minimum atomic E-state index is 0.365. The van der Waals surface area contributed by atoms with Crippen molar-refractivity contribution >= 4 is 0 Å². The zero-order valence-electron chi connectivity index (χ0n) is 9.98. The summed E-state index contributed by atoms with van der Waals surface area (Å²) in [5, 5.41) is 0. The van der Waals surface area contributed by atoms with E-state index in [1.807, 2.05) is 0 Å². The summed E-state index contributed by atoms with van der Waals surface area (Å²) in [7, 11) is 0. The Morgan fingerprint density at radius 1 is 1.27 bits per heavy atom. The second kappa shape index (κ2) is 4.81. The van der Waals surface area contributed by atoms with Gasteiger partial charge in [0.2, 0.25) is 0 Å². The normalized spacial score (nSPS) is 37.0. The van der Waals surface area contributed by atoms with Crippen LogP contribution in [-0.2, 0) is 4.74 Å². The van der Waals surface area contributed by atoms with E-state index in [1.165, 1.54) is 32.4 Å². The zero-order chi connectivity index (χ0) is 10.8. The molecule has 0 radical (unpaired) electrons. The van der Waals surface area contributed by atoms with E-state index < -0.39 is 0 Å². The van der Waals surface area contributed by atoms with Crippen molar-refractivity contribution in [2.24, 2.45) is 11.7 Å². The molecule has 0 aromatic heterocycles. The molecule has 2 fully saturated rings. The van der Waals surface area contributed by atoms with E-state index in [9.17, 15) is 0 Å². The fourth-order valence-corrected chi connectivity index (χ4v) is 2.98. The van der Waals surface area contributed by atoms with Crippen LogP contribution >= 0.6 is 0 Å². The van der Waals surface area contributed by atoms with Crippen molar-refractivity contribution in [2.75, 3.05) is 19.7 Å². The van der Waals surface area contributed by atoms with Gasteiger partial charge in [-0.25, -0.2) is 0 Å². The van der Waals surface area contributed by atoms with Crippen LogP contribution in [0.2, 0.25) is 0 Å². The van der Waals surface area contributed by atoms with Gasteiger partial charge >= 0.3 is 0 Å². The van der Waals surface area contributed by atoms with Crippen molar-refractivity contribution in [3.8, 4) is 0 Å². The third-order valence-corrected chi connectivity index (χ3v) is 4.12. The molecule has 2 N–H and O–H groups in total. The zero-order valence-corrected chi connectivity index (χ0v) is 9.98. The number of rotatable bonds is 2. The topological polar surface area (TPSA) is 38.5 Å². The van der Waals surface area contributed by atoms with E-state index >= 15 is 0 Å². The summed E-state index contributed by atoms with van der Waals surface area (Å²) < 4.78 is 5.63. The highest BCUT2D eigenvalue weighted by atomic mass is 16.5. The number of likely N-dealkylation sites (tertiary alicyclic amines) is 1. The number of nitrogens with two attached hydrogens (primary N) is 1. The fraction of sp³-hybridized carbons (Fsp3) is 1.00. The maximum absolute atomic E-state index is 5.95. The fourth-order valence-electron chi connectivity index (χ4n) is 2.98. The van der Waals surface area contributed by atoms with E-state index in [0.29, 0.717) is 18.2 Å². The number of ether oxygens (including phenoxy) is 1. The van der Waals surface area contributed by atoms with Gasteiger partial charge in [-0.15, -0.1) is 0 Å². The Bertz CT molecular complexity index is 200. The summed E-state index contributed by atoms with van der Waals surface area (Å²) in [6, 6.07) is 1.03. The Morgan fingerprint density at radius 2 is 1.93 bits per heavy atom. The highest BCUT2D eigenvalue weighted by molar-refractivity contribution is 4.86. The second-order valence-corrected chi connectivity index (χ2v) is 5.16. The Morgan fingerprint density at radius 3 is 2.40 bits per heavy atom. The molecule has 0 aliphatic carbocycles. The molecule has 0 bridgehead atoms. The summed E-state index contributed by atoms with van der Waals surface area (Å²) in [6.07, 6.45) is 4.17. The predicted octanol–water partition coefficient (Wildman–Crippen LogP) is 1.22. The largest absolute Gasteiger partial charge is 0.377 e. The van der Waals surface area contributed by atoms with E-state index in [-0.39, 0.29) is 0 Å². The third-order valence-electron chi connectivity index (χ3n) is 4.12. The van der Waals surface area contributed by atoms with Gasteiger partial charge in [0.05, 0.1) is 6.10 Å². The van der Waals surface area contributed by atoms with Crippen molar-refractivity contribution in [3.63, 3.8) is 0 Å². The van der Waals surface area contributed by atoms with Gasteiger partial charge in [-0.3, -0.25) is 4.90 Å². The molecular formula is C12H24N2O. The monoisotopic (exact) mass is 212 g/mol. The van der Waals surface area contributed by atoms with Crippen LogP contribution < -0.4 is 5.73 Å². The lowest BCUT2D eigenvalue weighted by Gasteiger charge is -2.38. The van der Waals surface area contributed by atoms with Gasteiger partial charge in [0.25, 0.3) is 0 Å². The maximum atomic E-state index is 5.95. The molecule has 2 aliphatic heterocycles. The molecule has 2 saturated heterocycles. The van der Waals surface area contributed by atoms with Crippen molar-refractivity contribution in [1.29, 1.82) is 0 Å². The number of piperidine rings is 1. The average molecular weight is 212 g/mol. The molecule has 0 amide bonds. The molecule has 3 atom stereocenters. The molecular weight excluding hydrogens is 188 g/mol. The molecule has 0 aromatic rings. The van der Waals surface area contributed by atoms with Gasteiger partial charge in [-0.05, 0) is 52.1 Å². The summed E-state index contributed by atoms with van der Waals surface area (Å²) >= 11 is 0. The number of nitrogens with zero attached hydrogens (tertiary/aromatic N) is 1. The quantitative estimate of drug-likeness (QED) is 0.748. The minimum absolute atomic E-state index is 0.365. The van der Waals surface area contributed by atoms with Crippen LogP contribution in [-0.4, -0.2) is 42.8 Å². The summed E-state index contributed by atoms with van der Waals surface area (Å²) in [5.74, 6) is 0.735. The molecule has 0 saturated carbocycles. The lowest BCUT2D eigenvalue weighted by molar-refractivity contribution is 0.0550. The Hall–Kier alpha value is -0.120. The first-order valence-electron chi connectivity index (χ1n) is 6.29. The first-order chi connectivity index (χ1) is 7.18. The summed E-state index contributed by atoms with van der Waals surface area (Å²) in [5.41, 5.74) is 5.95. The summed E-state index contributed by atoms with van der Waals surface area (Å²) in [6.45, 7) is 7.71. The first kappa shape index (κ1) is 11.4. The Labute approximate surface area is 93.0 Å². The smallest absolute Gasteiger partial charge is 0.0703 e. The van der Waals surface area contributed by atoms with Crippen LogP contribution in [0.4, 0.5) is 0 Å². The van der Waals surface area contributed by atoms with E-state index in [4.69, 9.17) is 10.5 Å². The highest BCUT2D eigenvalue weighted by Gasteiger charge is 2.32. The van der Waals surface area contributed by atoms with Crippen molar-refractivity contribution in [2.45, 2.75) is 51.3 Å². The van der Waals surface area contributed by atoms with Gasteiger partial charge in [-0.2, -0.15) is 0 Å². The molecule has 2 aliphatic rings. The maximum Gasteiger partial charge on any atom is 0.0703 e. The second-order valence-electron chi connectivity index (χ2n) is 5.16. The Kier molecular flexibility index (Phi) is 3.65. The molecule has 88 valence electrons. The van der Waals surface area contributed by atoms with Gasteiger partial charge in [0, 0.05) is 18.7 Å². The SMILES string of the molecule is CC(N)C1CCN(C2CCOC2C)CC1. The van der Waals surface area contributed by atoms with Crippen molar-refractivity contribution < 1.29 is 4.74 Å². The molecule has 15 heavy (non-hydrogen) atoms. The number of hydrogen-bond acceptors (Lipinski definition) is 3. The van der Waals surface area contributed by atoms with Gasteiger partial charge in [0.1, 0.15) is 0 Å². The van der Waals surface area contributed by atoms with E-state index in [1.54, 1.807) is 0 Å². The van der Waals surface area contributed by atoms with Crippen LogP contribution in [0, 0.1) is 5.92 Å². The summed E-state index contributed by atoms with van der Waals surface area (Å²) in [4.78, 5) is 2.61. The molecule has 0 spiro atoms. The first-order valence-corrected chi connectivity index (χ1v) is 6.29. The Balaban J connectivity index is 1.82.